The van der Waals surface area contributed by atoms with Crippen LogP contribution in [0, 0.1) is 0 Å². The van der Waals surface area contributed by atoms with Gasteiger partial charge in [0.05, 0.1) is 0 Å². The molecule has 0 atom stereocenters. The Kier molecular flexibility index (Phi) is 7.20. The van der Waals surface area contributed by atoms with Crippen LogP contribution in [0.3, 0.4) is 0 Å². The molecule has 0 spiro atoms. The Balaban J connectivity index is 1.07. The monoisotopic (exact) mass is 698 g/mol. The SMILES string of the molecule is C[Si]1(C)c2ccccc2N(c2ccccc2)c2cc(-c3ccc4c(c3)oc3cc(-c5nc(-c6ccccc6)nc(-c6ccccc6)n5)ccc34)ccc21. The summed E-state index contributed by atoms with van der Waals surface area (Å²) in [6.07, 6.45) is 0. The molecule has 9 aromatic rings. The number of hydrogen-bond acceptors (Lipinski definition) is 5. The Morgan fingerprint density at radius 2 is 0.887 bits per heavy atom. The molecule has 7 aromatic carbocycles. The Labute approximate surface area is 308 Å². The molecule has 3 heterocycles. The van der Waals surface area contributed by atoms with Gasteiger partial charge in [-0.15, -0.1) is 0 Å². The van der Waals surface area contributed by atoms with Crippen LogP contribution in [0.15, 0.2) is 174 Å². The average Bonchev–Trinajstić information content (AvgIpc) is 3.59. The molecule has 1 aliphatic rings. The summed E-state index contributed by atoms with van der Waals surface area (Å²) in [5, 5.41) is 5.02. The van der Waals surface area contributed by atoms with Crippen molar-refractivity contribution in [1.82, 2.24) is 15.0 Å². The first-order chi connectivity index (χ1) is 26.0. The van der Waals surface area contributed by atoms with Gasteiger partial charge in [-0.25, -0.2) is 15.0 Å². The van der Waals surface area contributed by atoms with Gasteiger partial charge in [0.1, 0.15) is 19.2 Å². The molecule has 0 unspecified atom stereocenters. The fourth-order valence-corrected chi connectivity index (χ4v) is 10.7. The highest BCUT2D eigenvalue weighted by Crippen LogP contribution is 2.41. The fourth-order valence-electron chi connectivity index (χ4n) is 7.79. The molecule has 0 saturated heterocycles. The number of nitrogens with zero attached hydrogens (tertiary/aromatic N) is 4. The number of fused-ring (bicyclic) bond motifs is 5. The summed E-state index contributed by atoms with van der Waals surface area (Å²) in [7, 11) is -1.95. The number of furan rings is 1. The Bertz CT molecular complexity index is 2760. The van der Waals surface area contributed by atoms with Gasteiger partial charge in [0.15, 0.2) is 17.5 Å². The first kappa shape index (κ1) is 31.1. The molecule has 0 saturated carbocycles. The van der Waals surface area contributed by atoms with E-state index in [1.165, 1.54) is 21.7 Å². The van der Waals surface area contributed by atoms with Gasteiger partial charge < -0.3 is 9.32 Å². The second kappa shape index (κ2) is 12.3. The Morgan fingerprint density at radius 1 is 0.415 bits per heavy atom. The van der Waals surface area contributed by atoms with Gasteiger partial charge in [-0.1, -0.05) is 134 Å². The van der Waals surface area contributed by atoms with Crippen LogP contribution in [0.25, 0.3) is 67.2 Å². The largest absolute Gasteiger partial charge is 0.456 e. The second-order valence-electron chi connectivity index (χ2n) is 14.1. The molecule has 6 heteroatoms. The smallest absolute Gasteiger partial charge is 0.164 e. The van der Waals surface area contributed by atoms with Crippen molar-refractivity contribution >= 4 is 57.4 Å². The van der Waals surface area contributed by atoms with Crippen LogP contribution in [0.5, 0.6) is 0 Å². The molecule has 0 bridgehead atoms. The summed E-state index contributed by atoms with van der Waals surface area (Å²) in [6, 6.07) is 59.5. The molecule has 0 aliphatic carbocycles. The molecular weight excluding hydrogens is 665 g/mol. The normalized spacial score (nSPS) is 13.2. The van der Waals surface area contributed by atoms with Crippen molar-refractivity contribution in [2.75, 3.05) is 4.90 Å². The van der Waals surface area contributed by atoms with Gasteiger partial charge in [0, 0.05) is 44.5 Å². The summed E-state index contributed by atoms with van der Waals surface area (Å²) < 4.78 is 6.61. The van der Waals surface area contributed by atoms with E-state index in [-0.39, 0.29) is 0 Å². The number of anilines is 3. The molecule has 1 aliphatic heterocycles. The van der Waals surface area contributed by atoms with Crippen molar-refractivity contribution in [1.29, 1.82) is 0 Å². The van der Waals surface area contributed by atoms with E-state index in [0.717, 1.165) is 55.4 Å². The second-order valence-corrected chi connectivity index (χ2v) is 18.4. The number of aromatic nitrogens is 3. The van der Waals surface area contributed by atoms with Crippen LogP contribution in [0.4, 0.5) is 17.1 Å². The molecule has 10 rings (SSSR count). The van der Waals surface area contributed by atoms with E-state index in [9.17, 15) is 0 Å². The van der Waals surface area contributed by atoms with E-state index in [1.54, 1.807) is 0 Å². The van der Waals surface area contributed by atoms with Crippen LogP contribution in [0.2, 0.25) is 13.1 Å². The van der Waals surface area contributed by atoms with Crippen LogP contribution < -0.4 is 15.3 Å². The molecular formula is C47H34N4OSi. The van der Waals surface area contributed by atoms with E-state index >= 15 is 0 Å². The van der Waals surface area contributed by atoms with Crippen molar-refractivity contribution in [3.05, 3.63) is 170 Å². The Morgan fingerprint density at radius 3 is 1.53 bits per heavy atom. The lowest BCUT2D eigenvalue weighted by molar-refractivity contribution is 0.669. The standard InChI is InChI=1S/C47H34N4OSi/c1-53(2)43-21-13-12-20-39(43)51(36-18-10-5-11-19-36)40-28-33(24-27-44(40)53)34-22-25-37-38-26-23-35(30-42(38)52-41(37)29-34)47-49-45(31-14-6-3-7-15-31)48-46(50-47)32-16-8-4-9-17-32/h3-30H,1-2H3. The van der Waals surface area contributed by atoms with E-state index in [1.807, 2.05) is 60.7 Å². The van der Waals surface area contributed by atoms with Crippen LogP contribution in [-0.4, -0.2) is 23.0 Å². The molecule has 53 heavy (non-hydrogen) atoms. The minimum Gasteiger partial charge on any atom is -0.456 e. The lowest BCUT2D eigenvalue weighted by Crippen LogP contribution is -2.58. The summed E-state index contributed by atoms with van der Waals surface area (Å²) in [6.45, 7) is 4.92. The maximum Gasteiger partial charge on any atom is 0.164 e. The Hall–Kier alpha value is -6.63. The molecule has 0 amide bonds. The van der Waals surface area contributed by atoms with Crippen LogP contribution >= 0.6 is 0 Å². The molecule has 2 aromatic heterocycles. The molecule has 0 N–H and O–H groups in total. The van der Waals surface area contributed by atoms with E-state index in [2.05, 4.69) is 127 Å². The van der Waals surface area contributed by atoms with Crippen molar-refractivity contribution in [3.63, 3.8) is 0 Å². The van der Waals surface area contributed by atoms with Gasteiger partial charge in [-0.3, -0.25) is 0 Å². The van der Waals surface area contributed by atoms with Crippen LogP contribution in [-0.2, 0) is 0 Å². The third-order valence-corrected chi connectivity index (χ3v) is 14.0. The first-order valence-corrected chi connectivity index (χ1v) is 20.9. The summed E-state index contributed by atoms with van der Waals surface area (Å²) in [5.74, 6) is 1.87. The highest BCUT2D eigenvalue weighted by atomic mass is 28.3. The zero-order valence-electron chi connectivity index (χ0n) is 29.4. The zero-order chi connectivity index (χ0) is 35.5. The topological polar surface area (TPSA) is 55.1 Å². The van der Waals surface area contributed by atoms with E-state index in [4.69, 9.17) is 19.4 Å². The van der Waals surface area contributed by atoms with Gasteiger partial charge in [-0.05, 0) is 70.0 Å². The molecule has 252 valence electrons. The number of para-hydroxylation sites is 2. The number of benzene rings is 7. The summed E-state index contributed by atoms with van der Waals surface area (Å²) >= 11 is 0. The van der Waals surface area contributed by atoms with E-state index in [0.29, 0.717) is 17.5 Å². The van der Waals surface area contributed by atoms with Gasteiger partial charge >= 0.3 is 0 Å². The van der Waals surface area contributed by atoms with Gasteiger partial charge in [0.25, 0.3) is 0 Å². The third kappa shape index (κ3) is 5.26. The number of hydrogen-bond donors (Lipinski definition) is 0. The maximum atomic E-state index is 6.61. The third-order valence-electron chi connectivity index (χ3n) is 10.5. The van der Waals surface area contributed by atoms with Gasteiger partial charge in [-0.2, -0.15) is 0 Å². The lowest BCUT2D eigenvalue weighted by atomic mass is 10.0. The van der Waals surface area contributed by atoms with Crippen molar-refractivity contribution < 1.29 is 4.42 Å². The summed E-state index contributed by atoms with van der Waals surface area (Å²) in [4.78, 5) is 17.2. The fraction of sp³-hybridized carbons (Fsp3) is 0.0426. The van der Waals surface area contributed by atoms with Gasteiger partial charge in [0.2, 0.25) is 0 Å². The first-order valence-electron chi connectivity index (χ1n) is 17.9. The maximum absolute atomic E-state index is 6.61. The average molecular weight is 699 g/mol. The predicted octanol–water partition coefficient (Wildman–Crippen LogP) is 11.0. The minimum absolute atomic E-state index is 0.603. The molecule has 5 nitrogen and oxygen atoms in total. The quantitative estimate of drug-likeness (QED) is 0.168. The molecule has 0 fully saturated rings. The lowest BCUT2D eigenvalue weighted by Gasteiger charge is -2.41. The van der Waals surface area contributed by atoms with Crippen molar-refractivity contribution in [3.8, 4) is 45.3 Å². The molecule has 0 radical (unpaired) electrons. The van der Waals surface area contributed by atoms with Crippen molar-refractivity contribution in [2.45, 2.75) is 13.1 Å². The van der Waals surface area contributed by atoms with Crippen LogP contribution in [0.1, 0.15) is 0 Å². The highest BCUT2D eigenvalue weighted by molar-refractivity contribution is 7.02. The number of rotatable bonds is 5. The van der Waals surface area contributed by atoms with E-state index < -0.39 is 8.07 Å². The van der Waals surface area contributed by atoms with Crippen molar-refractivity contribution in [2.24, 2.45) is 0 Å². The highest BCUT2D eigenvalue weighted by Gasteiger charge is 2.38. The predicted molar refractivity (Wildman–Crippen MR) is 220 cm³/mol. The zero-order valence-corrected chi connectivity index (χ0v) is 30.4. The summed E-state index contributed by atoms with van der Waals surface area (Å²) in [5.41, 5.74) is 10.3. The minimum atomic E-state index is -1.95.